The number of nitro groups is 1. The fraction of sp³-hybridized carbons (Fsp3) is 0.333. The molecule has 0 spiro atoms. The third-order valence-electron chi connectivity index (χ3n) is 2.04. The molecular formula is C9H8F3NO3. The third-order valence-corrected chi connectivity index (χ3v) is 2.04. The fourth-order valence-corrected chi connectivity index (χ4v) is 1.24. The Kier molecular flexibility index (Phi) is 3.18. The normalized spacial score (nSPS) is 13.6. The lowest BCUT2D eigenvalue weighted by Crippen LogP contribution is -2.20. The van der Waals surface area contributed by atoms with Gasteiger partial charge >= 0.3 is 6.18 Å². The summed E-state index contributed by atoms with van der Waals surface area (Å²) in [5.74, 6) is 0. The molecule has 1 atom stereocenters. The van der Waals surface area contributed by atoms with E-state index in [2.05, 4.69) is 0 Å². The molecule has 0 aliphatic carbocycles. The molecule has 0 fully saturated rings. The van der Waals surface area contributed by atoms with Crippen LogP contribution in [0.15, 0.2) is 18.2 Å². The number of benzene rings is 1. The monoisotopic (exact) mass is 235 g/mol. The average molecular weight is 235 g/mol. The summed E-state index contributed by atoms with van der Waals surface area (Å²) in [6.07, 6.45) is -7.39. The number of hydrogen-bond acceptors (Lipinski definition) is 3. The van der Waals surface area contributed by atoms with Gasteiger partial charge in [0.1, 0.15) is 0 Å². The summed E-state index contributed by atoms with van der Waals surface area (Å²) in [4.78, 5) is 9.73. The van der Waals surface area contributed by atoms with Crippen molar-refractivity contribution < 1.29 is 23.2 Å². The molecular weight excluding hydrogens is 227 g/mol. The number of alkyl halides is 3. The van der Waals surface area contributed by atoms with Crippen LogP contribution in [0.4, 0.5) is 18.9 Å². The van der Waals surface area contributed by atoms with Crippen LogP contribution in [0.1, 0.15) is 17.2 Å². The van der Waals surface area contributed by atoms with E-state index in [-0.39, 0.29) is 11.3 Å². The Morgan fingerprint density at radius 3 is 2.38 bits per heavy atom. The molecule has 0 aliphatic heterocycles. The molecule has 16 heavy (non-hydrogen) atoms. The molecule has 0 saturated heterocycles. The average Bonchev–Trinajstić information content (AvgIpc) is 2.14. The van der Waals surface area contributed by atoms with Crippen molar-refractivity contribution in [2.24, 2.45) is 0 Å². The van der Waals surface area contributed by atoms with Gasteiger partial charge in [-0.2, -0.15) is 13.2 Å². The van der Waals surface area contributed by atoms with Gasteiger partial charge in [-0.3, -0.25) is 10.1 Å². The highest BCUT2D eigenvalue weighted by atomic mass is 19.4. The van der Waals surface area contributed by atoms with Crippen LogP contribution in [0.25, 0.3) is 0 Å². The summed E-state index contributed by atoms with van der Waals surface area (Å²) < 4.78 is 36.4. The van der Waals surface area contributed by atoms with Crippen LogP contribution in [-0.2, 0) is 0 Å². The molecule has 1 aromatic carbocycles. The Labute approximate surface area is 88.5 Å². The van der Waals surface area contributed by atoms with E-state index >= 15 is 0 Å². The zero-order valence-electron chi connectivity index (χ0n) is 8.15. The molecule has 4 nitrogen and oxygen atoms in total. The van der Waals surface area contributed by atoms with Gasteiger partial charge in [-0.25, -0.2) is 0 Å². The molecule has 1 rings (SSSR count). The molecule has 88 valence electrons. The fourth-order valence-electron chi connectivity index (χ4n) is 1.24. The highest BCUT2D eigenvalue weighted by Gasteiger charge is 2.39. The quantitative estimate of drug-likeness (QED) is 0.632. The van der Waals surface area contributed by atoms with Gasteiger partial charge in [0.15, 0.2) is 6.10 Å². The maximum absolute atomic E-state index is 12.1. The summed E-state index contributed by atoms with van der Waals surface area (Å²) in [6.45, 7) is 1.31. The molecule has 0 heterocycles. The predicted molar refractivity (Wildman–Crippen MR) is 48.8 cm³/mol. The summed E-state index contributed by atoms with van der Waals surface area (Å²) in [5.41, 5.74) is -0.612. The van der Waals surface area contributed by atoms with E-state index in [0.29, 0.717) is 0 Å². The highest BCUT2D eigenvalue weighted by Crippen LogP contribution is 2.33. The van der Waals surface area contributed by atoms with Crippen molar-refractivity contribution in [3.8, 4) is 0 Å². The van der Waals surface area contributed by atoms with Gasteiger partial charge in [0, 0.05) is 11.6 Å². The first-order valence-electron chi connectivity index (χ1n) is 4.23. The standard InChI is InChI=1S/C9H8F3NO3/c1-5-4-6(8(14)9(10,11)12)2-3-7(5)13(15)16/h2-4,8,14H,1H3. The maximum Gasteiger partial charge on any atom is 0.418 e. The minimum absolute atomic E-state index is 0.0748. The van der Waals surface area contributed by atoms with E-state index in [4.69, 9.17) is 5.11 Å². The van der Waals surface area contributed by atoms with Crippen LogP contribution in [0.2, 0.25) is 0 Å². The highest BCUT2D eigenvalue weighted by molar-refractivity contribution is 5.42. The second-order valence-electron chi connectivity index (χ2n) is 3.25. The summed E-state index contributed by atoms with van der Waals surface area (Å²) >= 11 is 0. The Hall–Kier alpha value is -1.63. The Morgan fingerprint density at radius 1 is 1.44 bits per heavy atom. The molecule has 0 bridgehead atoms. The number of aryl methyl sites for hydroxylation is 1. The van der Waals surface area contributed by atoms with Crippen LogP contribution in [-0.4, -0.2) is 16.2 Å². The largest absolute Gasteiger partial charge is 0.418 e. The lowest BCUT2D eigenvalue weighted by molar-refractivity contribution is -0.385. The molecule has 0 saturated carbocycles. The van der Waals surface area contributed by atoms with Crippen LogP contribution in [0.3, 0.4) is 0 Å². The van der Waals surface area contributed by atoms with E-state index < -0.39 is 22.8 Å². The molecule has 1 N–H and O–H groups in total. The van der Waals surface area contributed by atoms with Gasteiger partial charge < -0.3 is 5.11 Å². The molecule has 0 radical (unpaired) electrons. The third kappa shape index (κ3) is 2.48. The Balaban J connectivity index is 3.11. The van der Waals surface area contributed by atoms with Gasteiger partial charge in [-0.1, -0.05) is 0 Å². The van der Waals surface area contributed by atoms with Gasteiger partial charge in [0.05, 0.1) is 4.92 Å². The van der Waals surface area contributed by atoms with Crippen molar-refractivity contribution in [2.75, 3.05) is 0 Å². The molecule has 1 unspecified atom stereocenters. The minimum atomic E-state index is -4.78. The molecule has 0 aliphatic rings. The number of aliphatic hydroxyl groups is 1. The van der Waals surface area contributed by atoms with Crippen LogP contribution < -0.4 is 0 Å². The van der Waals surface area contributed by atoms with Gasteiger partial charge in [-0.05, 0) is 24.6 Å². The first kappa shape index (κ1) is 12.4. The SMILES string of the molecule is Cc1cc(C(O)C(F)(F)F)ccc1[N+](=O)[O-]. The van der Waals surface area contributed by atoms with Crippen molar-refractivity contribution in [1.82, 2.24) is 0 Å². The van der Waals surface area contributed by atoms with Crippen LogP contribution in [0, 0.1) is 17.0 Å². The summed E-state index contributed by atoms with van der Waals surface area (Å²) in [7, 11) is 0. The number of aliphatic hydroxyl groups excluding tert-OH is 1. The Morgan fingerprint density at radius 2 is 2.00 bits per heavy atom. The summed E-state index contributed by atoms with van der Waals surface area (Å²) in [6, 6.07) is 2.79. The first-order chi connectivity index (χ1) is 7.23. The van der Waals surface area contributed by atoms with Crippen LogP contribution >= 0.6 is 0 Å². The van der Waals surface area contributed by atoms with Crippen molar-refractivity contribution in [3.05, 3.63) is 39.4 Å². The van der Waals surface area contributed by atoms with Crippen LogP contribution in [0.5, 0.6) is 0 Å². The number of halogens is 3. The lowest BCUT2D eigenvalue weighted by Gasteiger charge is -2.14. The molecule has 7 heteroatoms. The Bertz CT molecular complexity index is 417. The van der Waals surface area contributed by atoms with Crippen molar-refractivity contribution in [1.29, 1.82) is 0 Å². The molecule has 0 amide bonds. The first-order valence-corrected chi connectivity index (χ1v) is 4.23. The maximum atomic E-state index is 12.1. The molecule has 1 aromatic rings. The molecule has 0 aromatic heterocycles. The number of nitrogens with zero attached hydrogens (tertiary/aromatic N) is 1. The zero-order valence-corrected chi connectivity index (χ0v) is 8.15. The van der Waals surface area contributed by atoms with Crippen molar-refractivity contribution >= 4 is 5.69 Å². The number of hydrogen-bond donors (Lipinski definition) is 1. The van der Waals surface area contributed by atoms with Gasteiger partial charge in [0.2, 0.25) is 0 Å². The second kappa shape index (κ2) is 4.09. The number of nitro benzene ring substituents is 1. The number of rotatable bonds is 2. The minimum Gasteiger partial charge on any atom is -0.379 e. The topological polar surface area (TPSA) is 63.4 Å². The summed E-state index contributed by atoms with van der Waals surface area (Å²) in [5, 5.41) is 19.3. The van der Waals surface area contributed by atoms with E-state index in [1.165, 1.54) is 6.92 Å². The van der Waals surface area contributed by atoms with Crippen molar-refractivity contribution in [3.63, 3.8) is 0 Å². The van der Waals surface area contributed by atoms with E-state index in [1.807, 2.05) is 0 Å². The van der Waals surface area contributed by atoms with Gasteiger partial charge in [-0.15, -0.1) is 0 Å². The lowest BCUT2D eigenvalue weighted by atomic mass is 10.1. The smallest absolute Gasteiger partial charge is 0.379 e. The van der Waals surface area contributed by atoms with Crippen molar-refractivity contribution in [2.45, 2.75) is 19.2 Å². The second-order valence-corrected chi connectivity index (χ2v) is 3.25. The van der Waals surface area contributed by atoms with Gasteiger partial charge in [0.25, 0.3) is 5.69 Å². The van der Waals surface area contributed by atoms with E-state index in [9.17, 15) is 23.3 Å². The zero-order chi connectivity index (χ0) is 12.5. The predicted octanol–water partition coefficient (Wildman–Crippen LogP) is 2.50. The van der Waals surface area contributed by atoms with E-state index in [1.54, 1.807) is 0 Å². The van der Waals surface area contributed by atoms with E-state index in [0.717, 1.165) is 18.2 Å².